The van der Waals surface area contributed by atoms with Crippen molar-refractivity contribution in [3.8, 4) is 0 Å². The third kappa shape index (κ3) is 3.99. The molecule has 5 atom stereocenters. The third-order valence-corrected chi connectivity index (χ3v) is 2.59. The van der Waals surface area contributed by atoms with Gasteiger partial charge in [0.1, 0.15) is 24.4 Å². The van der Waals surface area contributed by atoms with Crippen LogP contribution in [0.3, 0.4) is 0 Å². The van der Waals surface area contributed by atoms with Crippen molar-refractivity contribution >= 4 is 0 Å². The van der Waals surface area contributed by atoms with E-state index in [0.29, 0.717) is 6.61 Å². The first-order valence-corrected chi connectivity index (χ1v) is 5.72. The molecular weight excluding hydrogens is 244 g/mol. The third-order valence-electron chi connectivity index (χ3n) is 2.59. The highest BCUT2D eigenvalue weighted by Gasteiger charge is 2.43. The van der Waals surface area contributed by atoms with Crippen molar-refractivity contribution in [2.24, 2.45) is 0 Å². The van der Waals surface area contributed by atoms with Crippen molar-refractivity contribution in [2.45, 2.75) is 30.7 Å². The van der Waals surface area contributed by atoms with Gasteiger partial charge >= 0.3 is 0 Å². The van der Waals surface area contributed by atoms with Crippen LogP contribution in [0.2, 0.25) is 0 Å². The summed E-state index contributed by atoms with van der Waals surface area (Å²) in [7, 11) is 0. The summed E-state index contributed by atoms with van der Waals surface area (Å²) in [5.41, 5.74) is 0. The lowest BCUT2D eigenvalue weighted by Gasteiger charge is -2.39. The lowest BCUT2D eigenvalue weighted by Crippen LogP contribution is -2.59. The van der Waals surface area contributed by atoms with Crippen LogP contribution < -0.4 is 0 Å². The van der Waals surface area contributed by atoms with Crippen molar-refractivity contribution in [1.29, 1.82) is 0 Å². The first-order chi connectivity index (χ1) is 8.61. The van der Waals surface area contributed by atoms with Crippen LogP contribution in [0.4, 0.5) is 0 Å². The van der Waals surface area contributed by atoms with E-state index in [1.54, 1.807) is 6.08 Å². The van der Waals surface area contributed by atoms with Gasteiger partial charge in [-0.25, -0.2) is 0 Å². The van der Waals surface area contributed by atoms with E-state index in [1.807, 2.05) is 0 Å². The molecule has 1 heterocycles. The van der Waals surface area contributed by atoms with E-state index in [2.05, 4.69) is 6.58 Å². The van der Waals surface area contributed by atoms with Gasteiger partial charge in [-0.1, -0.05) is 6.08 Å². The molecular formula is C11H20O7. The maximum absolute atomic E-state index is 9.63. The lowest BCUT2D eigenvalue weighted by molar-refractivity contribution is -0.302. The normalized spacial score (nSPS) is 36.6. The van der Waals surface area contributed by atoms with E-state index in [9.17, 15) is 15.3 Å². The van der Waals surface area contributed by atoms with Crippen LogP contribution in [0.1, 0.15) is 0 Å². The van der Waals surface area contributed by atoms with Crippen molar-refractivity contribution in [2.75, 3.05) is 26.4 Å². The van der Waals surface area contributed by atoms with Gasteiger partial charge in [-0.05, 0) is 0 Å². The Morgan fingerprint density at radius 1 is 1.11 bits per heavy atom. The molecule has 4 N–H and O–H groups in total. The van der Waals surface area contributed by atoms with Gasteiger partial charge in [0.05, 0.1) is 26.4 Å². The van der Waals surface area contributed by atoms with Crippen LogP contribution in [0.5, 0.6) is 0 Å². The quantitative estimate of drug-likeness (QED) is 0.311. The van der Waals surface area contributed by atoms with Gasteiger partial charge in [0, 0.05) is 0 Å². The molecule has 1 aliphatic heterocycles. The molecule has 1 aliphatic rings. The minimum absolute atomic E-state index is 0.149. The smallest absolute Gasteiger partial charge is 0.186 e. The molecule has 106 valence electrons. The molecule has 0 bridgehead atoms. The van der Waals surface area contributed by atoms with Crippen LogP contribution in [0, 0.1) is 0 Å². The summed E-state index contributed by atoms with van der Waals surface area (Å²) in [6.45, 7) is 3.82. The van der Waals surface area contributed by atoms with Crippen LogP contribution in [-0.4, -0.2) is 77.6 Å². The molecule has 0 saturated carbocycles. The molecule has 1 saturated heterocycles. The molecule has 0 amide bonds. The molecule has 0 aliphatic carbocycles. The lowest BCUT2D eigenvalue weighted by atomic mass is 9.99. The molecule has 0 aromatic heterocycles. The van der Waals surface area contributed by atoms with Crippen LogP contribution >= 0.6 is 0 Å². The highest BCUT2D eigenvalue weighted by atomic mass is 16.7. The largest absolute Gasteiger partial charge is 0.394 e. The zero-order valence-corrected chi connectivity index (χ0v) is 10.0. The van der Waals surface area contributed by atoms with Crippen molar-refractivity contribution in [1.82, 2.24) is 0 Å². The second-order valence-electron chi connectivity index (χ2n) is 3.93. The van der Waals surface area contributed by atoms with Crippen molar-refractivity contribution in [3.05, 3.63) is 12.7 Å². The summed E-state index contributed by atoms with van der Waals surface area (Å²) in [5, 5.41) is 37.6. The van der Waals surface area contributed by atoms with Gasteiger partial charge in [-0.3, -0.25) is 0 Å². The number of ether oxygens (including phenoxy) is 3. The van der Waals surface area contributed by atoms with Crippen molar-refractivity contribution in [3.63, 3.8) is 0 Å². The Hall–Kier alpha value is -0.540. The molecule has 0 aromatic rings. The first kappa shape index (κ1) is 15.5. The summed E-state index contributed by atoms with van der Waals surface area (Å²) in [5.74, 6) is 0. The highest BCUT2D eigenvalue weighted by Crippen LogP contribution is 2.21. The Kier molecular flexibility index (Phi) is 6.72. The summed E-state index contributed by atoms with van der Waals surface area (Å²) < 4.78 is 15.4. The molecule has 1 fully saturated rings. The topological polar surface area (TPSA) is 109 Å². The fraction of sp³-hybridized carbons (Fsp3) is 0.818. The number of aliphatic hydroxyl groups excluding tert-OH is 4. The van der Waals surface area contributed by atoms with Gasteiger partial charge in [-0.15, -0.1) is 6.58 Å². The average Bonchev–Trinajstić information content (AvgIpc) is 2.38. The van der Waals surface area contributed by atoms with E-state index < -0.39 is 37.3 Å². The van der Waals surface area contributed by atoms with Crippen LogP contribution in [0.25, 0.3) is 0 Å². The maximum atomic E-state index is 9.63. The fourth-order valence-corrected chi connectivity index (χ4v) is 1.59. The van der Waals surface area contributed by atoms with Gasteiger partial charge in [-0.2, -0.15) is 0 Å². The molecule has 7 heteroatoms. The van der Waals surface area contributed by atoms with Gasteiger partial charge in [0.15, 0.2) is 6.29 Å². The fourth-order valence-electron chi connectivity index (χ4n) is 1.59. The molecule has 7 nitrogen and oxygen atoms in total. The molecule has 5 unspecified atom stereocenters. The summed E-state index contributed by atoms with van der Waals surface area (Å²) in [6.07, 6.45) is -4.64. The Morgan fingerprint density at radius 2 is 1.83 bits per heavy atom. The van der Waals surface area contributed by atoms with E-state index in [0.717, 1.165) is 0 Å². The predicted octanol–water partition coefficient (Wildman–Crippen LogP) is -1.99. The standard InChI is InChI=1S/C11H20O7/c1-2-3-16-4-5-17-11-10(15)9(14)8(13)7(6-12)18-11/h2,7-15H,1,3-6H2. The Balaban J connectivity index is 2.37. The van der Waals surface area contributed by atoms with E-state index in [4.69, 9.17) is 19.3 Å². The van der Waals surface area contributed by atoms with Crippen molar-refractivity contribution < 1.29 is 34.6 Å². The monoisotopic (exact) mass is 264 g/mol. The Morgan fingerprint density at radius 3 is 2.44 bits per heavy atom. The number of hydrogen-bond donors (Lipinski definition) is 4. The van der Waals surface area contributed by atoms with E-state index in [-0.39, 0.29) is 13.2 Å². The van der Waals surface area contributed by atoms with Crippen LogP contribution in [-0.2, 0) is 14.2 Å². The second kappa shape index (κ2) is 7.80. The van der Waals surface area contributed by atoms with E-state index in [1.165, 1.54) is 0 Å². The molecule has 0 aromatic carbocycles. The minimum atomic E-state index is -1.42. The molecule has 1 rings (SSSR count). The Bertz CT molecular complexity index is 246. The maximum Gasteiger partial charge on any atom is 0.186 e. The number of hydrogen-bond acceptors (Lipinski definition) is 7. The van der Waals surface area contributed by atoms with E-state index >= 15 is 0 Å². The highest BCUT2D eigenvalue weighted by molar-refractivity contribution is 4.88. The number of rotatable bonds is 7. The van der Waals surface area contributed by atoms with Gasteiger partial charge < -0.3 is 34.6 Å². The summed E-state index contributed by atoms with van der Waals surface area (Å²) in [6, 6.07) is 0. The minimum Gasteiger partial charge on any atom is -0.394 e. The van der Waals surface area contributed by atoms with Gasteiger partial charge in [0.2, 0.25) is 0 Å². The number of aliphatic hydroxyl groups is 4. The SMILES string of the molecule is C=CCOCCOC1OC(CO)C(O)C(O)C1O. The summed E-state index contributed by atoms with van der Waals surface area (Å²) in [4.78, 5) is 0. The zero-order chi connectivity index (χ0) is 13.5. The molecule has 18 heavy (non-hydrogen) atoms. The zero-order valence-electron chi connectivity index (χ0n) is 10.0. The first-order valence-electron chi connectivity index (χ1n) is 5.72. The Labute approximate surface area is 105 Å². The van der Waals surface area contributed by atoms with Gasteiger partial charge in [0.25, 0.3) is 0 Å². The predicted molar refractivity (Wildman–Crippen MR) is 60.7 cm³/mol. The van der Waals surface area contributed by atoms with Crippen LogP contribution in [0.15, 0.2) is 12.7 Å². The molecule has 0 radical (unpaired) electrons. The summed E-state index contributed by atoms with van der Waals surface area (Å²) >= 11 is 0. The molecule has 0 spiro atoms. The average molecular weight is 264 g/mol. The second-order valence-corrected chi connectivity index (χ2v) is 3.93.